The van der Waals surface area contributed by atoms with E-state index in [1.165, 1.54) is 91.0 Å². The van der Waals surface area contributed by atoms with Crippen LogP contribution in [0, 0.1) is 20.8 Å². The van der Waals surface area contributed by atoms with E-state index in [2.05, 4.69) is 312 Å². The highest BCUT2D eigenvalue weighted by Crippen LogP contribution is 2.23. The summed E-state index contributed by atoms with van der Waals surface area (Å²) in [6.07, 6.45) is 13.1. The predicted molar refractivity (Wildman–Crippen MR) is 636 cm³/mol. The van der Waals surface area contributed by atoms with Gasteiger partial charge in [-0.2, -0.15) is 0 Å². The second kappa shape index (κ2) is 67.3. The fourth-order valence-electron chi connectivity index (χ4n) is 14.6. The van der Waals surface area contributed by atoms with Crippen molar-refractivity contribution in [3.05, 3.63) is 326 Å². The summed E-state index contributed by atoms with van der Waals surface area (Å²) in [5.41, 5.74) is 11.5. The Morgan fingerprint density at radius 1 is 0.358 bits per heavy atom. The molecule has 806 valence electrons. The minimum Gasteiger partial charge on any atom is -0.444 e. The van der Waals surface area contributed by atoms with Crippen molar-refractivity contribution in [3.8, 4) is 0 Å². The number of allylic oxidation sites excluding steroid dienone is 3. The molecule has 0 saturated carbocycles. The van der Waals surface area contributed by atoms with Gasteiger partial charge in [0.15, 0.2) is 0 Å². The van der Waals surface area contributed by atoms with Gasteiger partial charge in [0.2, 0.25) is 29.3 Å². The number of imide groups is 2. The summed E-state index contributed by atoms with van der Waals surface area (Å²) in [6.45, 7) is 67.8. The number of aryl methyl sites for hydroxylation is 6. The number of benzene rings is 9. The summed E-state index contributed by atoms with van der Waals surface area (Å²) in [6, 6.07) is 82.6. The maximum atomic E-state index is 12.3. The largest absolute Gasteiger partial charge is 0.444 e. The first-order valence-corrected chi connectivity index (χ1v) is 69.1. The maximum absolute atomic E-state index is 12.3. The Balaban J connectivity index is 0.000000581. The Kier molecular flexibility index (Phi) is 60.6. The molecule has 9 aromatic rings. The van der Waals surface area contributed by atoms with E-state index in [1.807, 2.05) is 126 Å². The van der Waals surface area contributed by atoms with E-state index in [0.29, 0.717) is 45.4 Å². The second-order valence-corrected chi connectivity index (χ2v) is 69.2. The molecule has 0 atom stereocenters. The zero-order chi connectivity index (χ0) is 112. The monoisotopic (exact) mass is 2230 g/mol. The normalized spacial score (nSPS) is 11.1. The zero-order valence-electron chi connectivity index (χ0n) is 93.9. The van der Waals surface area contributed by atoms with Gasteiger partial charge in [0.05, 0.1) is 53.5 Å². The first kappa shape index (κ1) is 133. The number of carbonyl (C=O) groups is 10. The number of nitrogens with one attached hydrogen (secondary N) is 5. The van der Waals surface area contributed by atoms with Crippen LogP contribution in [-0.2, 0) is 99.8 Å². The van der Waals surface area contributed by atoms with Crippen LogP contribution >= 0.6 is 31.9 Å². The van der Waals surface area contributed by atoms with Crippen molar-refractivity contribution < 1.29 is 67.3 Å². The quantitative estimate of drug-likeness (QED) is 0.00909. The number of carbonyl (C=O) groups excluding carboxylic acids is 10. The summed E-state index contributed by atoms with van der Waals surface area (Å²) in [7, 11) is -7.00. The molecule has 0 aromatic heterocycles. The summed E-state index contributed by atoms with van der Waals surface area (Å²) in [5, 5.41) is 29.2. The van der Waals surface area contributed by atoms with Gasteiger partial charge in [0.25, 0.3) is 11.8 Å². The zero-order valence-corrected chi connectivity index (χ0v) is 102. The van der Waals surface area contributed by atoms with E-state index in [0.717, 1.165) is 93.8 Å². The third kappa shape index (κ3) is 57.8. The molecular weight excluding hydrogens is 2060 g/mol. The number of nitrogens with zero attached hydrogens (tertiary/aromatic N) is 1. The lowest BCUT2D eigenvalue weighted by Crippen LogP contribution is -2.43. The van der Waals surface area contributed by atoms with E-state index in [4.69, 9.17) is 19.3 Å². The molecule has 0 aliphatic heterocycles. The Morgan fingerprint density at radius 3 is 0.966 bits per heavy atom. The van der Waals surface area contributed by atoms with Crippen LogP contribution in [-0.4, -0.2) is 133 Å². The molecule has 20 nitrogen and oxygen atoms in total. The highest BCUT2D eigenvalue weighted by atomic mass is 79.9. The number of aliphatic hydroxyl groups is 1. The standard InChI is InChI=1S/C23H33NOSi.C20H29NO4Si.C20H28Si.C17H27NO2Si.C14H19BrN2O2.C12H18OSi.C8H13NO4.C7H7Br/c1-5-7-23(25)24-18-21-13-15-22(16-14-21)26(3,4)17-6-8-20-11-9-19(2)10-12-20;1-8-13-26(6,7)17-11-9-16(10-12-17)14-21(18(23)15(2)22)19(24)25-20(3,4)5;1-5-18-12-14-20(15-13-18)21(3,4)16-6-7-19-10-8-17(2)9-11-19;1-7-12-21(5,6)15-10-8-14(9-11-15)13-18-16(19)20-17(2,3)4;1-2-3-13(18)16-9-8-14(19)17-10-11-4-6-12(15)7-5-11;1-4-9-14(2,3)12-7-5-11(10-13)6-8-12;1-5(10)6(11)9-7(12)13-8(2,3)4;1-6-2-4-7(8)5-3-6/h9-16H,5-8,17-18H2,1-4H3,(H,24,25);8-12H,1,13-14H2,2-7H3;8-15H,5-7,16H2,1-4H3;7-11H,1,12-13H2,2-6H3,(H,18,19);4-7H,2-3,8-10H2,1H3,(H,16,18)(H,17,19);4-8,13H,1,9-10H2,2-3H3;1-4H3,(H,9,11,12);2-5H,1H3. The minimum absolute atomic E-state index is 0.00293. The van der Waals surface area contributed by atoms with Crippen LogP contribution in [0.3, 0.4) is 0 Å². The van der Waals surface area contributed by atoms with Crippen molar-refractivity contribution in [2.24, 2.45) is 0 Å². The van der Waals surface area contributed by atoms with Crippen molar-refractivity contribution in [3.63, 3.8) is 0 Å². The Morgan fingerprint density at radius 2 is 0.649 bits per heavy atom. The molecule has 8 amide bonds. The van der Waals surface area contributed by atoms with Gasteiger partial charge in [-0.05, 0) is 202 Å². The van der Waals surface area contributed by atoms with Gasteiger partial charge in [-0.3, -0.25) is 38.9 Å². The summed E-state index contributed by atoms with van der Waals surface area (Å²) in [4.78, 5) is 115. The van der Waals surface area contributed by atoms with Crippen molar-refractivity contribution in [2.75, 3.05) is 6.54 Å². The summed E-state index contributed by atoms with van der Waals surface area (Å²) in [5.74, 6) is -3.18. The van der Waals surface area contributed by atoms with E-state index >= 15 is 0 Å². The van der Waals surface area contributed by atoms with Crippen molar-refractivity contribution >= 4 is 158 Å². The number of ketones is 2. The lowest BCUT2D eigenvalue weighted by Gasteiger charge is -2.26. The molecule has 6 N–H and O–H groups in total. The number of aliphatic hydroxyl groups excluding tert-OH is 1. The fraction of sp³-hybridized carbons (Fsp3) is 0.421. The lowest BCUT2D eigenvalue weighted by atomic mass is 10.1. The molecule has 27 heteroatoms. The smallest absolute Gasteiger partial charge is 0.417 e. The molecule has 0 fully saturated rings. The number of amides is 8. The van der Waals surface area contributed by atoms with Gasteiger partial charge in [-0.25, -0.2) is 19.3 Å². The van der Waals surface area contributed by atoms with Gasteiger partial charge in [0.1, 0.15) is 16.8 Å². The molecule has 148 heavy (non-hydrogen) atoms. The molecule has 9 rings (SSSR count). The number of ether oxygens (including phenoxy) is 3. The number of rotatable bonds is 38. The number of Topliss-reactive ketones (excluding diaryl/α,β-unsaturated/α-hetero) is 2. The second-order valence-electron chi connectivity index (χ2n) is 43.4. The van der Waals surface area contributed by atoms with Gasteiger partial charge in [0, 0.05) is 68.2 Å². The molecule has 9 aromatic carbocycles. The first-order chi connectivity index (χ1) is 69.1. The topological polar surface area (TPSA) is 282 Å². The third-order valence-electron chi connectivity index (χ3n) is 23.8. The van der Waals surface area contributed by atoms with E-state index in [1.54, 1.807) is 52.0 Å². The Labute approximate surface area is 909 Å². The van der Waals surface area contributed by atoms with Crippen LogP contribution in [0.5, 0.6) is 0 Å². The molecule has 0 aliphatic rings. The average Bonchev–Trinajstić information content (AvgIpc) is 0.851. The van der Waals surface area contributed by atoms with Crippen molar-refractivity contribution in [1.29, 1.82) is 0 Å². The summed E-state index contributed by atoms with van der Waals surface area (Å²) < 4.78 is 17.4. The van der Waals surface area contributed by atoms with Gasteiger partial charge in [-0.15, -0.1) is 19.7 Å². The average molecular weight is 2240 g/mol. The lowest BCUT2D eigenvalue weighted by molar-refractivity contribution is -0.143. The number of hydrogen-bond donors (Lipinski definition) is 6. The minimum atomic E-state index is -1.58. The highest BCUT2D eigenvalue weighted by molar-refractivity contribution is 9.10. The van der Waals surface area contributed by atoms with Gasteiger partial charge in [-0.1, -0.05) is 398 Å². The van der Waals surface area contributed by atoms with Crippen LogP contribution in [0.25, 0.3) is 0 Å². The first-order valence-electron chi connectivity index (χ1n) is 51.5. The maximum Gasteiger partial charge on any atom is 0.417 e. The molecule has 0 saturated heterocycles. The molecule has 0 heterocycles. The summed E-state index contributed by atoms with van der Waals surface area (Å²) >= 11 is 6.70. The van der Waals surface area contributed by atoms with Gasteiger partial charge < -0.3 is 40.6 Å². The van der Waals surface area contributed by atoms with E-state index in [9.17, 15) is 47.9 Å². The highest BCUT2D eigenvalue weighted by Gasteiger charge is 2.32. The number of halogens is 2. The van der Waals surface area contributed by atoms with Gasteiger partial charge >= 0.3 is 18.3 Å². The number of alkyl carbamates (subject to hydrolysis) is 2. The fourth-order valence-corrected chi connectivity index (χ4v) is 26.1. The predicted octanol–water partition coefficient (Wildman–Crippen LogP) is 25.6. The Hall–Kier alpha value is -10.9. The van der Waals surface area contributed by atoms with Crippen LogP contribution in [0.2, 0.25) is 95.7 Å². The SMILES string of the molecule is C=CC[Si](C)(C)c1ccc(CN(C(=O)OC(C)(C)C)C(=O)C(C)=O)cc1.C=CC[Si](C)(C)c1ccc(CNC(=O)OC(C)(C)C)cc1.C=CC[Si](C)(C)c1ccc(CO)cc1.CC(=O)C(=O)NC(=O)OC(C)(C)C.CCCC(=O)NCCC(=O)NCc1ccc(Br)cc1.CCCC(=O)NCc1ccc([Si](C)(C)CCCc2ccc(C)cc2)cc1.CCc1ccc([Si](C)(C)CCCc2ccc(C)cc2)cc1.Cc1ccc(Br)cc1. The molecular formula is C121H174Br2N6O14Si5. The van der Waals surface area contributed by atoms with Crippen LogP contribution in [0.15, 0.2) is 265 Å². The Bertz CT molecular complexity index is 5540. The molecule has 0 radical (unpaired) electrons. The molecule has 0 aliphatic carbocycles. The number of hydrogen-bond acceptors (Lipinski definition) is 14. The van der Waals surface area contributed by atoms with E-state index < -0.39 is 92.7 Å². The van der Waals surface area contributed by atoms with E-state index in [-0.39, 0.29) is 37.0 Å². The van der Waals surface area contributed by atoms with Crippen molar-refractivity contribution in [2.45, 2.75) is 327 Å². The van der Waals surface area contributed by atoms with Crippen molar-refractivity contribution in [1.82, 2.24) is 31.5 Å². The molecule has 0 bridgehead atoms. The van der Waals surface area contributed by atoms with Crippen LogP contribution in [0.1, 0.15) is 203 Å². The third-order valence-corrected chi connectivity index (χ3v) is 41.5. The molecule has 0 spiro atoms. The molecule has 0 unspecified atom stereocenters. The van der Waals surface area contributed by atoms with Crippen LogP contribution < -0.4 is 52.5 Å². The van der Waals surface area contributed by atoms with Crippen LogP contribution in [0.4, 0.5) is 14.4 Å².